The Balaban J connectivity index is 1.86. The molecule has 0 bridgehead atoms. The predicted octanol–water partition coefficient (Wildman–Crippen LogP) is 5.74. The number of benzene rings is 1. The molecule has 29 heavy (non-hydrogen) atoms. The van der Waals surface area contributed by atoms with Crippen molar-refractivity contribution in [2.24, 2.45) is 0 Å². The van der Waals surface area contributed by atoms with Crippen molar-refractivity contribution in [2.45, 2.75) is 26.4 Å². The van der Waals surface area contributed by atoms with Gasteiger partial charge in [0.2, 0.25) is 0 Å². The molecule has 0 atom stereocenters. The fourth-order valence-corrected chi connectivity index (χ4v) is 3.74. The van der Waals surface area contributed by atoms with E-state index in [1.165, 1.54) is 35.8 Å². The molecule has 152 valence electrons. The summed E-state index contributed by atoms with van der Waals surface area (Å²) in [5.74, 6) is -1.33. The largest absolute Gasteiger partial charge is 0.459 e. The molecule has 1 aromatic carbocycles. The number of furan rings is 1. The number of hydrogen-bond acceptors (Lipinski definition) is 4. The molecule has 0 radical (unpaired) electrons. The molecule has 2 amide bonds. The number of anilines is 2. The fourth-order valence-electron chi connectivity index (χ4n) is 2.73. The van der Waals surface area contributed by atoms with E-state index in [9.17, 15) is 22.8 Å². The van der Waals surface area contributed by atoms with Crippen LogP contribution in [0.1, 0.15) is 43.2 Å². The first-order valence-corrected chi connectivity index (χ1v) is 9.47. The van der Waals surface area contributed by atoms with Crippen LogP contribution in [0.4, 0.5) is 24.5 Å². The first-order chi connectivity index (χ1) is 13.7. The van der Waals surface area contributed by atoms with E-state index in [1.54, 1.807) is 6.07 Å². The number of carbonyl (C=O) groups excluding carboxylic acids is 2. The van der Waals surface area contributed by atoms with Crippen molar-refractivity contribution in [3.05, 3.63) is 69.3 Å². The Morgan fingerprint density at radius 2 is 1.86 bits per heavy atom. The van der Waals surface area contributed by atoms with E-state index in [0.717, 1.165) is 29.0 Å². The summed E-state index contributed by atoms with van der Waals surface area (Å²) in [5, 5.41) is 4.67. The van der Waals surface area contributed by atoms with E-state index in [4.69, 9.17) is 4.42 Å². The number of hydrogen-bond donors (Lipinski definition) is 2. The highest BCUT2D eigenvalue weighted by Gasteiger charge is 2.34. The molecule has 9 heteroatoms. The number of rotatable bonds is 5. The number of aryl methyl sites for hydroxylation is 2. The van der Waals surface area contributed by atoms with Crippen LogP contribution in [0.5, 0.6) is 0 Å². The molecule has 0 aliphatic heterocycles. The van der Waals surface area contributed by atoms with Crippen LogP contribution >= 0.6 is 11.3 Å². The molecule has 0 spiro atoms. The predicted molar refractivity (Wildman–Crippen MR) is 104 cm³/mol. The van der Waals surface area contributed by atoms with Gasteiger partial charge in [-0.2, -0.15) is 13.2 Å². The lowest BCUT2D eigenvalue weighted by molar-refractivity contribution is -0.136. The van der Waals surface area contributed by atoms with Crippen molar-refractivity contribution in [2.75, 3.05) is 10.6 Å². The number of nitrogens with one attached hydrogen (secondary N) is 2. The van der Waals surface area contributed by atoms with Crippen LogP contribution in [0, 0.1) is 6.92 Å². The summed E-state index contributed by atoms with van der Waals surface area (Å²) in [5.41, 5.74) is -0.596. The standard InChI is InChI=1S/C20H17F3N2O3S/c1-3-16-11(2)9-17(29-16)19(27)25-14-7-6-12(10-13(14)20(21,22)23)24-18(26)15-5-4-8-28-15/h4-10H,3H2,1-2H3,(H,24,26)(H,25,27). The topological polar surface area (TPSA) is 71.3 Å². The summed E-state index contributed by atoms with van der Waals surface area (Å²) in [7, 11) is 0. The minimum Gasteiger partial charge on any atom is -0.459 e. The number of alkyl halides is 3. The maximum absolute atomic E-state index is 13.5. The maximum atomic E-state index is 13.5. The molecule has 3 rings (SSSR count). The Labute approximate surface area is 168 Å². The van der Waals surface area contributed by atoms with Crippen LogP contribution in [-0.2, 0) is 12.6 Å². The second-order valence-corrected chi connectivity index (χ2v) is 7.35. The highest BCUT2D eigenvalue weighted by molar-refractivity contribution is 7.14. The lowest BCUT2D eigenvalue weighted by atomic mass is 10.1. The quantitative estimate of drug-likeness (QED) is 0.551. The van der Waals surface area contributed by atoms with Crippen molar-refractivity contribution in [3.8, 4) is 0 Å². The third kappa shape index (κ3) is 4.68. The fraction of sp³-hybridized carbons (Fsp3) is 0.200. The summed E-state index contributed by atoms with van der Waals surface area (Å²) in [6.07, 6.45) is -2.71. The van der Waals surface area contributed by atoms with Gasteiger partial charge in [-0.25, -0.2) is 0 Å². The van der Waals surface area contributed by atoms with E-state index < -0.39 is 23.6 Å². The SMILES string of the molecule is CCc1sc(C(=O)Nc2ccc(NC(=O)c3ccco3)cc2C(F)(F)F)cc1C. The third-order valence-corrected chi connectivity index (χ3v) is 5.52. The van der Waals surface area contributed by atoms with Crippen LogP contribution in [0.25, 0.3) is 0 Å². The molecule has 0 unspecified atom stereocenters. The van der Waals surface area contributed by atoms with Gasteiger partial charge in [0.15, 0.2) is 5.76 Å². The summed E-state index contributed by atoms with van der Waals surface area (Å²) in [6.45, 7) is 3.79. The molecule has 0 aliphatic carbocycles. The number of carbonyl (C=O) groups is 2. The minimum atomic E-state index is -4.73. The van der Waals surface area contributed by atoms with Gasteiger partial charge in [0.1, 0.15) is 0 Å². The zero-order valence-corrected chi connectivity index (χ0v) is 16.3. The summed E-state index contributed by atoms with van der Waals surface area (Å²) in [6, 6.07) is 7.70. The van der Waals surface area contributed by atoms with Gasteiger partial charge in [-0.05, 0) is 55.3 Å². The van der Waals surface area contributed by atoms with E-state index in [2.05, 4.69) is 10.6 Å². The van der Waals surface area contributed by atoms with Crippen molar-refractivity contribution >= 4 is 34.5 Å². The molecule has 2 heterocycles. The Hall–Kier alpha value is -3.07. The van der Waals surface area contributed by atoms with Crippen molar-refractivity contribution in [3.63, 3.8) is 0 Å². The second-order valence-electron chi connectivity index (χ2n) is 6.21. The molecule has 0 aliphatic rings. The Bertz CT molecular complexity index is 1040. The van der Waals surface area contributed by atoms with E-state index >= 15 is 0 Å². The van der Waals surface area contributed by atoms with Crippen LogP contribution in [0.2, 0.25) is 0 Å². The van der Waals surface area contributed by atoms with Crippen LogP contribution in [0.15, 0.2) is 47.1 Å². The summed E-state index contributed by atoms with van der Waals surface area (Å²) >= 11 is 1.25. The van der Waals surface area contributed by atoms with Crippen LogP contribution in [-0.4, -0.2) is 11.8 Å². The van der Waals surface area contributed by atoms with E-state index in [-0.39, 0.29) is 17.1 Å². The molecule has 5 nitrogen and oxygen atoms in total. The highest BCUT2D eigenvalue weighted by atomic mass is 32.1. The number of thiophene rings is 1. The molecule has 3 aromatic rings. The number of amides is 2. The average molecular weight is 422 g/mol. The number of halogens is 3. The smallest absolute Gasteiger partial charge is 0.418 e. The van der Waals surface area contributed by atoms with Crippen molar-refractivity contribution < 1.29 is 27.2 Å². The monoisotopic (exact) mass is 422 g/mol. The average Bonchev–Trinajstić information content (AvgIpc) is 3.31. The van der Waals surface area contributed by atoms with Crippen LogP contribution in [0.3, 0.4) is 0 Å². The summed E-state index contributed by atoms with van der Waals surface area (Å²) in [4.78, 5) is 25.8. The Morgan fingerprint density at radius 1 is 1.10 bits per heavy atom. The Kier molecular flexibility index (Phi) is 5.78. The molecule has 2 aromatic heterocycles. The van der Waals surface area contributed by atoms with E-state index in [0.29, 0.717) is 4.88 Å². The van der Waals surface area contributed by atoms with E-state index in [1.807, 2.05) is 13.8 Å². The summed E-state index contributed by atoms with van der Waals surface area (Å²) < 4.78 is 45.5. The molecular weight excluding hydrogens is 405 g/mol. The highest BCUT2D eigenvalue weighted by Crippen LogP contribution is 2.37. The zero-order chi connectivity index (χ0) is 21.2. The van der Waals surface area contributed by atoms with Crippen molar-refractivity contribution in [1.29, 1.82) is 0 Å². The zero-order valence-electron chi connectivity index (χ0n) is 15.5. The van der Waals surface area contributed by atoms with Gasteiger partial charge in [-0.3, -0.25) is 9.59 Å². The lowest BCUT2D eigenvalue weighted by Gasteiger charge is -2.15. The second kappa shape index (κ2) is 8.12. The molecule has 0 saturated carbocycles. The molecule has 0 fully saturated rings. The first-order valence-electron chi connectivity index (χ1n) is 8.65. The molecule has 2 N–H and O–H groups in total. The first kappa shape index (κ1) is 20.7. The lowest BCUT2D eigenvalue weighted by Crippen LogP contribution is -2.17. The molecule has 0 saturated heterocycles. The van der Waals surface area contributed by atoms with Gasteiger partial charge in [0.25, 0.3) is 11.8 Å². The van der Waals surface area contributed by atoms with Gasteiger partial charge >= 0.3 is 6.18 Å². The third-order valence-electron chi connectivity index (χ3n) is 4.14. The van der Waals surface area contributed by atoms with Crippen molar-refractivity contribution in [1.82, 2.24) is 0 Å². The minimum absolute atomic E-state index is 0.0317. The van der Waals surface area contributed by atoms with Gasteiger partial charge in [-0.15, -0.1) is 11.3 Å². The molecular formula is C20H17F3N2O3S. The van der Waals surface area contributed by atoms with Crippen LogP contribution < -0.4 is 10.6 Å². The normalized spacial score (nSPS) is 11.3. The maximum Gasteiger partial charge on any atom is 0.418 e. The van der Waals surface area contributed by atoms with Gasteiger partial charge in [0.05, 0.1) is 22.4 Å². The van der Waals surface area contributed by atoms with Gasteiger partial charge in [0, 0.05) is 10.6 Å². The Morgan fingerprint density at radius 3 is 2.45 bits per heavy atom. The van der Waals surface area contributed by atoms with Gasteiger partial charge in [-0.1, -0.05) is 6.92 Å². The van der Waals surface area contributed by atoms with Gasteiger partial charge < -0.3 is 15.1 Å².